The highest BCUT2D eigenvalue weighted by atomic mass is 32.2. The van der Waals surface area contributed by atoms with Gasteiger partial charge in [0.1, 0.15) is 0 Å². The van der Waals surface area contributed by atoms with Gasteiger partial charge in [-0.3, -0.25) is 4.79 Å². The Morgan fingerprint density at radius 2 is 1.86 bits per heavy atom. The largest absolute Gasteiger partial charge is 0.469 e. The highest BCUT2D eigenvalue weighted by Crippen LogP contribution is 2.33. The third-order valence-electron chi connectivity index (χ3n) is 3.94. The van der Waals surface area contributed by atoms with E-state index >= 15 is 0 Å². The van der Waals surface area contributed by atoms with E-state index in [1.807, 2.05) is 13.8 Å². The van der Waals surface area contributed by atoms with Crippen molar-refractivity contribution in [1.29, 1.82) is 0 Å². The molecule has 0 aliphatic heterocycles. The number of carbonyl (C=O) groups excluding carboxylic acids is 1. The van der Waals surface area contributed by atoms with Crippen LogP contribution in [0.15, 0.2) is 29.2 Å². The van der Waals surface area contributed by atoms with Gasteiger partial charge in [0.25, 0.3) is 0 Å². The molecule has 0 spiro atoms. The van der Waals surface area contributed by atoms with E-state index in [0.717, 1.165) is 11.8 Å². The molecule has 0 heterocycles. The lowest BCUT2D eigenvalue weighted by Crippen LogP contribution is -2.44. The van der Waals surface area contributed by atoms with Crippen LogP contribution in [0.25, 0.3) is 0 Å². The van der Waals surface area contributed by atoms with Gasteiger partial charge in [-0.05, 0) is 24.1 Å². The summed E-state index contributed by atoms with van der Waals surface area (Å²) in [5.41, 5.74) is 6.41. The summed E-state index contributed by atoms with van der Waals surface area (Å²) >= 11 is 0. The summed E-state index contributed by atoms with van der Waals surface area (Å²) in [6.45, 7) is 3.85. The molecule has 1 aromatic rings. The maximum absolute atomic E-state index is 11.7. The molecular formula is C15H23NO4S. The summed E-state index contributed by atoms with van der Waals surface area (Å²) in [7, 11) is -1.90. The van der Waals surface area contributed by atoms with Crippen molar-refractivity contribution in [3.63, 3.8) is 0 Å². The van der Waals surface area contributed by atoms with Gasteiger partial charge in [0.05, 0.1) is 18.4 Å². The normalized spacial score (nSPS) is 16.0. The lowest BCUT2D eigenvalue weighted by Gasteiger charge is -2.35. The molecule has 0 amide bonds. The van der Waals surface area contributed by atoms with Crippen molar-refractivity contribution >= 4 is 15.8 Å². The minimum Gasteiger partial charge on any atom is -0.469 e. The van der Waals surface area contributed by atoms with E-state index in [9.17, 15) is 13.2 Å². The number of esters is 1. The monoisotopic (exact) mass is 313 g/mol. The zero-order valence-electron chi connectivity index (χ0n) is 12.9. The number of methoxy groups -OCH3 is 1. The van der Waals surface area contributed by atoms with E-state index in [-0.39, 0.29) is 23.3 Å². The molecule has 0 bridgehead atoms. The van der Waals surface area contributed by atoms with Gasteiger partial charge in [0.15, 0.2) is 9.84 Å². The van der Waals surface area contributed by atoms with Crippen molar-refractivity contribution < 1.29 is 17.9 Å². The Bertz CT molecular complexity index is 595. The predicted octanol–water partition coefficient (Wildman–Crippen LogP) is 1.65. The summed E-state index contributed by atoms with van der Waals surface area (Å²) in [6.07, 6.45) is 2.01. The molecule has 2 unspecified atom stereocenters. The quantitative estimate of drug-likeness (QED) is 0.807. The van der Waals surface area contributed by atoms with Crippen LogP contribution < -0.4 is 5.73 Å². The molecule has 118 valence electrons. The summed E-state index contributed by atoms with van der Waals surface area (Å²) < 4.78 is 27.8. The van der Waals surface area contributed by atoms with E-state index < -0.39 is 15.3 Å². The maximum Gasteiger partial charge on any atom is 0.306 e. The van der Waals surface area contributed by atoms with Crippen LogP contribution in [0.2, 0.25) is 0 Å². The third kappa shape index (κ3) is 4.04. The van der Waals surface area contributed by atoms with Crippen LogP contribution in [-0.2, 0) is 24.8 Å². The van der Waals surface area contributed by atoms with Crippen LogP contribution in [-0.4, -0.2) is 33.8 Å². The smallest absolute Gasteiger partial charge is 0.306 e. The molecule has 0 aliphatic rings. The van der Waals surface area contributed by atoms with E-state index in [0.29, 0.717) is 6.42 Å². The van der Waals surface area contributed by atoms with Crippen molar-refractivity contribution in [1.82, 2.24) is 0 Å². The molecule has 0 fully saturated rings. The van der Waals surface area contributed by atoms with Crippen LogP contribution in [0.4, 0.5) is 0 Å². The zero-order chi connectivity index (χ0) is 16.3. The second kappa shape index (κ2) is 6.58. The van der Waals surface area contributed by atoms with Crippen molar-refractivity contribution in [2.45, 2.75) is 43.0 Å². The first-order chi connectivity index (χ1) is 9.65. The second-order valence-electron chi connectivity index (χ2n) is 5.48. The van der Waals surface area contributed by atoms with E-state index in [4.69, 9.17) is 10.5 Å². The molecule has 0 saturated carbocycles. The number of nitrogens with two attached hydrogens (primary N) is 1. The molecular weight excluding hydrogens is 290 g/mol. The van der Waals surface area contributed by atoms with Gasteiger partial charge in [0.2, 0.25) is 0 Å². The molecule has 0 aromatic heterocycles. The van der Waals surface area contributed by atoms with Crippen LogP contribution in [0.1, 0.15) is 32.3 Å². The zero-order valence-corrected chi connectivity index (χ0v) is 13.7. The SMILES string of the molecule is CCC(N)C(C)(CC(=O)OC)c1ccc(S(C)(=O)=O)cc1. The van der Waals surface area contributed by atoms with Crippen molar-refractivity contribution in [3.8, 4) is 0 Å². The molecule has 21 heavy (non-hydrogen) atoms. The number of carbonyl (C=O) groups is 1. The molecule has 5 nitrogen and oxygen atoms in total. The molecule has 0 aliphatic carbocycles. The van der Waals surface area contributed by atoms with Gasteiger partial charge in [-0.1, -0.05) is 26.0 Å². The van der Waals surface area contributed by atoms with Crippen molar-refractivity contribution in [2.75, 3.05) is 13.4 Å². The Labute approximate surface area is 126 Å². The average molecular weight is 313 g/mol. The third-order valence-corrected chi connectivity index (χ3v) is 5.07. The number of benzene rings is 1. The van der Waals surface area contributed by atoms with Crippen LogP contribution in [0.5, 0.6) is 0 Å². The summed E-state index contributed by atoms with van der Waals surface area (Å²) in [5.74, 6) is -0.339. The maximum atomic E-state index is 11.7. The summed E-state index contributed by atoms with van der Waals surface area (Å²) in [6, 6.07) is 6.29. The molecule has 1 rings (SSSR count). The summed E-state index contributed by atoms with van der Waals surface area (Å²) in [4.78, 5) is 11.9. The number of sulfone groups is 1. The molecule has 0 radical (unpaired) electrons. The number of ether oxygens (including phenoxy) is 1. The Kier molecular flexibility index (Phi) is 5.53. The van der Waals surface area contributed by atoms with E-state index in [1.54, 1.807) is 24.3 Å². The lowest BCUT2D eigenvalue weighted by molar-refractivity contribution is -0.142. The molecule has 2 atom stereocenters. The highest BCUT2D eigenvalue weighted by Gasteiger charge is 2.35. The van der Waals surface area contributed by atoms with Gasteiger partial charge >= 0.3 is 5.97 Å². The van der Waals surface area contributed by atoms with Gasteiger partial charge < -0.3 is 10.5 Å². The van der Waals surface area contributed by atoms with Crippen LogP contribution in [0, 0.1) is 0 Å². The predicted molar refractivity (Wildman–Crippen MR) is 81.8 cm³/mol. The number of hydrogen-bond acceptors (Lipinski definition) is 5. The molecule has 0 saturated heterocycles. The van der Waals surface area contributed by atoms with Crippen LogP contribution in [0.3, 0.4) is 0 Å². The first-order valence-corrected chi connectivity index (χ1v) is 8.67. The van der Waals surface area contributed by atoms with E-state index in [1.165, 1.54) is 7.11 Å². The minimum absolute atomic E-state index is 0.150. The minimum atomic E-state index is -3.24. The Hall–Kier alpha value is -1.40. The van der Waals surface area contributed by atoms with Crippen molar-refractivity contribution in [3.05, 3.63) is 29.8 Å². The van der Waals surface area contributed by atoms with Crippen LogP contribution >= 0.6 is 0 Å². The molecule has 2 N–H and O–H groups in total. The van der Waals surface area contributed by atoms with Gasteiger partial charge in [-0.25, -0.2) is 8.42 Å². The molecule has 1 aromatic carbocycles. The highest BCUT2D eigenvalue weighted by molar-refractivity contribution is 7.90. The fraction of sp³-hybridized carbons (Fsp3) is 0.533. The first kappa shape index (κ1) is 17.7. The Morgan fingerprint density at radius 3 is 2.24 bits per heavy atom. The van der Waals surface area contributed by atoms with Crippen molar-refractivity contribution in [2.24, 2.45) is 5.73 Å². The fourth-order valence-corrected chi connectivity index (χ4v) is 2.98. The first-order valence-electron chi connectivity index (χ1n) is 6.78. The lowest BCUT2D eigenvalue weighted by atomic mass is 9.73. The van der Waals surface area contributed by atoms with Gasteiger partial charge in [-0.2, -0.15) is 0 Å². The summed E-state index contributed by atoms with van der Waals surface area (Å²) in [5, 5.41) is 0. The van der Waals surface area contributed by atoms with E-state index in [2.05, 4.69) is 0 Å². The average Bonchev–Trinajstić information content (AvgIpc) is 2.45. The van der Waals surface area contributed by atoms with Gasteiger partial charge in [0, 0.05) is 17.7 Å². The second-order valence-corrected chi connectivity index (χ2v) is 7.50. The van der Waals surface area contributed by atoms with Gasteiger partial charge in [-0.15, -0.1) is 0 Å². The standard InChI is InChI=1S/C15H23NO4S/c1-5-13(16)15(2,10-14(17)20-3)11-6-8-12(9-7-11)21(4,18)19/h6-9,13H,5,10,16H2,1-4H3. The topological polar surface area (TPSA) is 86.5 Å². The number of rotatable bonds is 6. The Balaban J connectivity index is 3.24. The fourth-order valence-electron chi connectivity index (χ4n) is 2.35. The molecule has 6 heteroatoms. The Morgan fingerprint density at radius 1 is 1.33 bits per heavy atom. The number of hydrogen-bond donors (Lipinski definition) is 1.